The quantitative estimate of drug-likeness (QED) is 0.732. The van der Waals surface area contributed by atoms with Gasteiger partial charge in [0.05, 0.1) is 16.4 Å². The van der Waals surface area contributed by atoms with Crippen LogP contribution in [-0.4, -0.2) is 37.4 Å². The molecule has 0 aliphatic heterocycles. The van der Waals surface area contributed by atoms with E-state index in [4.69, 9.17) is 11.6 Å². The second-order valence-corrected chi connectivity index (χ2v) is 6.03. The minimum atomic E-state index is -0.195. The Hall–Kier alpha value is -2.60. The number of carbonyl (C=O) groups is 1. The molecule has 0 fully saturated rings. The van der Waals surface area contributed by atoms with Crippen LogP contribution in [0.4, 0.5) is 0 Å². The average Bonchev–Trinajstić information content (AvgIpc) is 3.20. The molecule has 0 bridgehead atoms. The lowest BCUT2D eigenvalue weighted by molar-refractivity contribution is 0.0778. The van der Waals surface area contributed by atoms with Crippen molar-refractivity contribution in [1.29, 1.82) is 0 Å². The summed E-state index contributed by atoms with van der Waals surface area (Å²) in [4.78, 5) is 14.1. The van der Waals surface area contributed by atoms with Crippen molar-refractivity contribution in [2.24, 2.45) is 7.05 Å². The predicted molar refractivity (Wildman–Crippen MR) is 92.3 cm³/mol. The van der Waals surface area contributed by atoms with E-state index in [1.165, 1.54) is 0 Å². The highest BCUT2D eigenvalue weighted by atomic mass is 35.5. The minimum absolute atomic E-state index is 0.195. The van der Waals surface area contributed by atoms with Crippen molar-refractivity contribution in [3.63, 3.8) is 0 Å². The first-order chi connectivity index (χ1) is 11.5. The van der Waals surface area contributed by atoms with Crippen molar-refractivity contribution in [3.05, 3.63) is 64.7 Å². The Labute approximate surface area is 145 Å². The molecule has 0 N–H and O–H groups in total. The summed E-state index contributed by atoms with van der Waals surface area (Å²) in [5.74, 6) is -0.195. The Morgan fingerprint density at radius 1 is 1.29 bits per heavy atom. The number of rotatable bonds is 4. The first-order valence-corrected chi connectivity index (χ1v) is 7.88. The molecule has 0 radical (unpaired) electrons. The highest BCUT2D eigenvalue weighted by molar-refractivity contribution is 6.34. The average molecular weight is 344 g/mol. The zero-order chi connectivity index (χ0) is 17.3. The molecule has 0 aliphatic rings. The SMILES string of the molecule is Cc1c(Cl)c(C(=O)N(C)Cc2ccc(-n3cccn3)cc2)nn1C. The summed E-state index contributed by atoms with van der Waals surface area (Å²) >= 11 is 6.19. The van der Waals surface area contributed by atoms with E-state index in [9.17, 15) is 4.79 Å². The third kappa shape index (κ3) is 3.05. The van der Waals surface area contributed by atoms with Crippen LogP contribution in [0.2, 0.25) is 5.02 Å². The molecule has 3 rings (SSSR count). The molecule has 0 saturated carbocycles. The van der Waals surface area contributed by atoms with Crippen LogP contribution in [0.3, 0.4) is 0 Å². The zero-order valence-electron chi connectivity index (χ0n) is 13.8. The van der Waals surface area contributed by atoms with E-state index >= 15 is 0 Å². The van der Waals surface area contributed by atoms with Crippen LogP contribution in [0.5, 0.6) is 0 Å². The highest BCUT2D eigenvalue weighted by Gasteiger charge is 2.21. The van der Waals surface area contributed by atoms with Crippen LogP contribution in [0, 0.1) is 6.92 Å². The molecular formula is C17H18ClN5O. The maximum Gasteiger partial charge on any atom is 0.275 e. The fourth-order valence-electron chi connectivity index (χ4n) is 2.42. The van der Waals surface area contributed by atoms with E-state index in [1.807, 2.05) is 43.5 Å². The van der Waals surface area contributed by atoms with Gasteiger partial charge in [-0.3, -0.25) is 9.48 Å². The summed E-state index contributed by atoms with van der Waals surface area (Å²) < 4.78 is 3.40. The number of hydrogen-bond donors (Lipinski definition) is 0. The molecule has 0 aliphatic carbocycles. The number of carbonyl (C=O) groups excluding carboxylic acids is 1. The van der Waals surface area contributed by atoms with Gasteiger partial charge in [-0.25, -0.2) is 4.68 Å². The third-order valence-corrected chi connectivity index (χ3v) is 4.39. The Balaban J connectivity index is 1.73. The van der Waals surface area contributed by atoms with E-state index in [-0.39, 0.29) is 11.6 Å². The summed E-state index contributed by atoms with van der Waals surface area (Å²) in [5.41, 5.74) is 3.05. The summed E-state index contributed by atoms with van der Waals surface area (Å²) in [6.45, 7) is 2.31. The van der Waals surface area contributed by atoms with E-state index in [1.54, 1.807) is 34.6 Å². The Morgan fingerprint density at radius 2 is 2.00 bits per heavy atom. The number of halogens is 1. The molecular weight excluding hydrogens is 326 g/mol. The van der Waals surface area contributed by atoms with Gasteiger partial charge in [-0.2, -0.15) is 10.2 Å². The molecule has 1 amide bonds. The second kappa shape index (κ2) is 6.49. The topological polar surface area (TPSA) is 56.0 Å². The fourth-order valence-corrected chi connectivity index (χ4v) is 2.66. The lowest BCUT2D eigenvalue weighted by atomic mass is 10.2. The van der Waals surface area contributed by atoms with Gasteiger partial charge in [0.15, 0.2) is 5.69 Å². The van der Waals surface area contributed by atoms with Crippen LogP contribution >= 0.6 is 11.6 Å². The summed E-state index contributed by atoms with van der Waals surface area (Å²) in [6, 6.07) is 9.77. The van der Waals surface area contributed by atoms with Crippen LogP contribution in [0.1, 0.15) is 21.7 Å². The molecule has 124 valence electrons. The molecule has 7 heteroatoms. The van der Waals surface area contributed by atoms with Crippen LogP contribution < -0.4 is 0 Å². The van der Waals surface area contributed by atoms with Gasteiger partial charge in [-0.15, -0.1) is 0 Å². The Kier molecular flexibility index (Phi) is 4.40. The molecule has 0 atom stereocenters. The molecule has 0 saturated heterocycles. The van der Waals surface area contributed by atoms with Crippen LogP contribution in [-0.2, 0) is 13.6 Å². The molecule has 2 aromatic heterocycles. The van der Waals surface area contributed by atoms with Crippen molar-refractivity contribution >= 4 is 17.5 Å². The second-order valence-electron chi connectivity index (χ2n) is 5.65. The van der Waals surface area contributed by atoms with Crippen molar-refractivity contribution in [2.45, 2.75) is 13.5 Å². The van der Waals surface area contributed by atoms with Crippen molar-refractivity contribution in [1.82, 2.24) is 24.5 Å². The monoisotopic (exact) mass is 343 g/mol. The summed E-state index contributed by atoms with van der Waals surface area (Å²) in [6.07, 6.45) is 3.62. The molecule has 0 unspecified atom stereocenters. The Bertz CT molecular complexity index is 852. The van der Waals surface area contributed by atoms with Gasteiger partial charge in [-0.1, -0.05) is 23.7 Å². The lowest BCUT2D eigenvalue weighted by Gasteiger charge is -2.16. The summed E-state index contributed by atoms with van der Waals surface area (Å²) in [5, 5.41) is 8.80. The normalized spacial score (nSPS) is 10.8. The molecule has 0 spiro atoms. The van der Waals surface area contributed by atoms with E-state index in [0.717, 1.165) is 16.9 Å². The number of benzene rings is 1. The highest BCUT2D eigenvalue weighted by Crippen LogP contribution is 2.21. The number of nitrogens with zero attached hydrogens (tertiary/aromatic N) is 5. The summed E-state index contributed by atoms with van der Waals surface area (Å²) in [7, 11) is 3.51. The smallest absolute Gasteiger partial charge is 0.275 e. The van der Waals surface area contributed by atoms with Crippen LogP contribution in [0.25, 0.3) is 5.69 Å². The first-order valence-electron chi connectivity index (χ1n) is 7.51. The standard InChI is InChI=1S/C17H18ClN5O/c1-12-15(18)16(20-22(12)3)17(24)21(2)11-13-5-7-14(8-6-13)23-10-4-9-19-23/h4-10H,11H2,1-3H3. The van der Waals surface area contributed by atoms with E-state index in [2.05, 4.69) is 10.2 Å². The maximum absolute atomic E-state index is 12.5. The number of aryl methyl sites for hydroxylation is 1. The van der Waals surface area contributed by atoms with Gasteiger partial charge in [-0.05, 0) is 30.7 Å². The minimum Gasteiger partial charge on any atom is -0.336 e. The largest absolute Gasteiger partial charge is 0.336 e. The molecule has 3 aromatic rings. The lowest BCUT2D eigenvalue weighted by Crippen LogP contribution is -2.27. The number of hydrogen-bond acceptors (Lipinski definition) is 3. The van der Waals surface area contributed by atoms with Crippen molar-refractivity contribution < 1.29 is 4.79 Å². The van der Waals surface area contributed by atoms with Gasteiger partial charge in [0.1, 0.15) is 0 Å². The fraction of sp³-hybridized carbons (Fsp3) is 0.235. The predicted octanol–water partition coefficient (Wildman–Crippen LogP) is 2.84. The van der Waals surface area contributed by atoms with Gasteiger partial charge < -0.3 is 4.90 Å². The molecule has 24 heavy (non-hydrogen) atoms. The molecule has 1 aromatic carbocycles. The molecule has 2 heterocycles. The van der Waals surface area contributed by atoms with Crippen molar-refractivity contribution in [3.8, 4) is 5.69 Å². The van der Waals surface area contributed by atoms with Crippen molar-refractivity contribution in [2.75, 3.05) is 7.05 Å². The number of aromatic nitrogens is 4. The van der Waals surface area contributed by atoms with Gasteiger partial charge >= 0.3 is 0 Å². The van der Waals surface area contributed by atoms with E-state index < -0.39 is 0 Å². The van der Waals surface area contributed by atoms with Gasteiger partial charge in [0, 0.05) is 33.0 Å². The first kappa shape index (κ1) is 16.3. The number of amides is 1. The zero-order valence-corrected chi connectivity index (χ0v) is 14.5. The van der Waals surface area contributed by atoms with E-state index in [0.29, 0.717) is 11.6 Å². The van der Waals surface area contributed by atoms with Gasteiger partial charge in [0.25, 0.3) is 5.91 Å². The maximum atomic E-state index is 12.5. The van der Waals surface area contributed by atoms with Crippen LogP contribution in [0.15, 0.2) is 42.7 Å². The third-order valence-electron chi connectivity index (χ3n) is 3.94. The Morgan fingerprint density at radius 3 is 2.54 bits per heavy atom. The van der Waals surface area contributed by atoms with Gasteiger partial charge in [0.2, 0.25) is 0 Å². The molecule has 6 nitrogen and oxygen atoms in total.